The number of halogens is 1. The Morgan fingerprint density at radius 1 is 1.53 bits per heavy atom. The number of anilines is 1. The van der Waals surface area contributed by atoms with Crippen LogP contribution in [-0.4, -0.2) is 15.6 Å². The monoisotopic (exact) mass is 246 g/mol. The summed E-state index contributed by atoms with van der Waals surface area (Å²) >= 11 is 5.78. The van der Waals surface area contributed by atoms with E-state index in [2.05, 4.69) is 10.3 Å². The fourth-order valence-electron chi connectivity index (χ4n) is 1.26. The lowest BCUT2D eigenvalue weighted by Gasteiger charge is -2.05. The molecule has 0 aliphatic carbocycles. The van der Waals surface area contributed by atoms with Gasteiger partial charge in [-0.1, -0.05) is 11.6 Å². The van der Waals surface area contributed by atoms with Crippen molar-refractivity contribution in [3.8, 4) is 6.07 Å². The fourth-order valence-corrected chi connectivity index (χ4v) is 1.42. The highest BCUT2D eigenvalue weighted by Gasteiger charge is 2.06. The van der Waals surface area contributed by atoms with Gasteiger partial charge in [-0.25, -0.2) is 9.78 Å². The van der Waals surface area contributed by atoms with Crippen LogP contribution < -0.4 is 5.32 Å². The molecule has 2 rings (SSSR count). The first-order chi connectivity index (χ1) is 8.20. The number of carbonyl (C=O) groups is 1. The van der Waals surface area contributed by atoms with Gasteiger partial charge in [0.15, 0.2) is 0 Å². The number of carbonyl (C=O) groups excluding carboxylic acids is 1. The molecule has 0 spiro atoms. The van der Waals surface area contributed by atoms with Gasteiger partial charge >= 0.3 is 6.03 Å². The highest BCUT2D eigenvalue weighted by Crippen LogP contribution is 2.19. The smallest absolute Gasteiger partial charge is 0.307 e. The normalized spacial score (nSPS) is 9.65. The van der Waals surface area contributed by atoms with Crippen LogP contribution in [0.1, 0.15) is 5.56 Å². The largest absolute Gasteiger partial charge is 0.331 e. The van der Waals surface area contributed by atoms with Crippen molar-refractivity contribution in [2.24, 2.45) is 0 Å². The van der Waals surface area contributed by atoms with Crippen LogP contribution in [0.4, 0.5) is 10.5 Å². The Balaban J connectivity index is 2.20. The van der Waals surface area contributed by atoms with E-state index in [1.807, 2.05) is 6.07 Å². The SMILES string of the molecule is N#Cc1cc(NC(=O)n2ccnc2)ccc1Cl. The maximum atomic E-state index is 11.7. The fraction of sp³-hybridized carbons (Fsp3) is 0. The minimum Gasteiger partial charge on any atom is -0.307 e. The topological polar surface area (TPSA) is 70.7 Å². The third kappa shape index (κ3) is 2.44. The van der Waals surface area contributed by atoms with Crippen molar-refractivity contribution in [2.45, 2.75) is 0 Å². The maximum Gasteiger partial charge on any atom is 0.331 e. The number of nitrogens with one attached hydrogen (secondary N) is 1. The van der Waals surface area contributed by atoms with Crippen LogP contribution in [-0.2, 0) is 0 Å². The summed E-state index contributed by atoms with van der Waals surface area (Å²) in [5, 5.41) is 11.8. The molecule has 1 aromatic carbocycles. The predicted octanol–water partition coefficient (Wildman–Crippen LogP) is 2.49. The van der Waals surface area contributed by atoms with Crippen molar-refractivity contribution < 1.29 is 4.79 Å². The van der Waals surface area contributed by atoms with Gasteiger partial charge in [0.1, 0.15) is 12.4 Å². The lowest BCUT2D eigenvalue weighted by molar-refractivity contribution is 0.253. The summed E-state index contributed by atoms with van der Waals surface area (Å²) in [5.41, 5.74) is 0.819. The summed E-state index contributed by atoms with van der Waals surface area (Å²) in [7, 11) is 0. The van der Waals surface area contributed by atoms with Crippen LogP contribution in [0, 0.1) is 11.3 Å². The van der Waals surface area contributed by atoms with E-state index in [0.29, 0.717) is 16.3 Å². The van der Waals surface area contributed by atoms with Gasteiger partial charge in [-0.2, -0.15) is 5.26 Å². The van der Waals surface area contributed by atoms with Crippen molar-refractivity contribution in [3.05, 3.63) is 47.5 Å². The van der Waals surface area contributed by atoms with E-state index >= 15 is 0 Å². The van der Waals surface area contributed by atoms with E-state index in [1.165, 1.54) is 29.4 Å². The molecule has 0 aliphatic heterocycles. The van der Waals surface area contributed by atoms with Gasteiger partial charge in [0.2, 0.25) is 0 Å². The molecule has 0 bridgehead atoms. The van der Waals surface area contributed by atoms with Gasteiger partial charge < -0.3 is 5.32 Å². The molecular formula is C11H7ClN4O. The molecule has 5 nitrogen and oxygen atoms in total. The first-order valence-electron chi connectivity index (χ1n) is 4.69. The molecule has 0 radical (unpaired) electrons. The first kappa shape index (κ1) is 11.2. The number of nitrogens with zero attached hydrogens (tertiary/aromatic N) is 3. The van der Waals surface area contributed by atoms with Gasteiger partial charge in [-0.3, -0.25) is 4.57 Å². The first-order valence-corrected chi connectivity index (χ1v) is 5.07. The average molecular weight is 247 g/mol. The average Bonchev–Trinajstić information content (AvgIpc) is 2.85. The Kier molecular flexibility index (Phi) is 3.08. The molecule has 17 heavy (non-hydrogen) atoms. The van der Waals surface area contributed by atoms with Crippen molar-refractivity contribution in [2.75, 3.05) is 5.32 Å². The van der Waals surface area contributed by atoms with Crippen molar-refractivity contribution in [3.63, 3.8) is 0 Å². The summed E-state index contributed by atoms with van der Waals surface area (Å²) in [6.45, 7) is 0. The number of amides is 1. The summed E-state index contributed by atoms with van der Waals surface area (Å²) in [4.78, 5) is 15.4. The number of imidazole rings is 1. The molecule has 0 saturated carbocycles. The van der Waals surface area contributed by atoms with Crippen LogP contribution >= 0.6 is 11.6 Å². The molecule has 0 fully saturated rings. The third-order valence-corrected chi connectivity index (χ3v) is 2.41. The van der Waals surface area contributed by atoms with Crippen LogP contribution in [0.2, 0.25) is 5.02 Å². The number of nitriles is 1. The summed E-state index contributed by atoms with van der Waals surface area (Å²) in [5.74, 6) is 0. The highest BCUT2D eigenvalue weighted by atomic mass is 35.5. The molecule has 0 atom stereocenters. The minimum atomic E-state index is -0.353. The molecule has 1 N–H and O–H groups in total. The highest BCUT2D eigenvalue weighted by molar-refractivity contribution is 6.31. The quantitative estimate of drug-likeness (QED) is 0.840. The van der Waals surface area contributed by atoms with Gasteiger partial charge in [0, 0.05) is 18.1 Å². The molecule has 2 aromatic rings. The molecule has 1 aromatic heterocycles. The van der Waals surface area contributed by atoms with Gasteiger partial charge in [0.25, 0.3) is 0 Å². The van der Waals surface area contributed by atoms with Crippen LogP contribution in [0.5, 0.6) is 0 Å². The minimum absolute atomic E-state index is 0.315. The Hall–Kier alpha value is -2.32. The molecular weight excluding hydrogens is 240 g/mol. The number of aromatic nitrogens is 2. The van der Waals surface area contributed by atoms with Gasteiger partial charge in [-0.15, -0.1) is 0 Å². The third-order valence-electron chi connectivity index (χ3n) is 2.08. The second kappa shape index (κ2) is 4.68. The van der Waals surface area contributed by atoms with E-state index < -0.39 is 0 Å². The Labute approximate surface area is 102 Å². The molecule has 0 unspecified atom stereocenters. The van der Waals surface area contributed by atoms with Crippen LogP contribution in [0.25, 0.3) is 0 Å². The molecule has 1 amide bonds. The second-order valence-corrected chi connectivity index (χ2v) is 3.61. The molecule has 84 valence electrons. The summed E-state index contributed by atoms with van der Waals surface area (Å²) < 4.78 is 1.29. The van der Waals surface area contributed by atoms with Gasteiger partial charge in [0.05, 0.1) is 10.6 Å². The molecule has 0 aliphatic rings. The Bertz CT molecular complexity index is 586. The number of hydrogen-bond donors (Lipinski definition) is 1. The molecule has 6 heteroatoms. The van der Waals surface area contributed by atoms with Crippen molar-refractivity contribution >= 4 is 23.3 Å². The maximum absolute atomic E-state index is 11.7. The zero-order chi connectivity index (χ0) is 12.3. The standard InChI is InChI=1S/C11H7ClN4O/c12-10-2-1-9(5-8(10)6-13)15-11(17)16-4-3-14-7-16/h1-5,7H,(H,15,17). The van der Waals surface area contributed by atoms with Crippen molar-refractivity contribution in [1.29, 1.82) is 5.26 Å². The molecule has 0 saturated heterocycles. The molecule has 1 heterocycles. The van der Waals surface area contributed by atoms with Crippen LogP contribution in [0.15, 0.2) is 36.9 Å². The van der Waals surface area contributed by atoms with Gasteiger partial charge in [-0.05, 0) is 18.2 Å². The number of rotatable bonds is 1. The number of benzene rings is 1. The summed E-state index contributed by atoms with van der Waals surface area (Å²) in [6.07, 6.45) is 4.41. The summed E-state index contributed by atoms with van der Waals surface area (Å²) in [6, 6.07) is 6.28. The van der Waals surface area contributed by atoms with E-state index in [9.17, 15) is 4.79 Å². The number of hydrogen-bond acceptors (Lipinski definition) is 3. The van der Waals surface area contributed by atoms with Crippen LogP contribution in [0.3, 0.4) is 0 Å². The lowest BCUT2D eigenvalue weighted by atomic mass is 10.2. The van der Waals surface area contributed by atoms with Crippen molar-refractivity contribution in [1.82, 2.24) is 9.55 Å². The van der Waals surface area contributed by atoms with E-state index in [4.69, 9.17) is 16.9 Å². The lowest BCUT2D eigenvalue weighted by Crippen LogP contribution is -2.17. The Morgan fingerprint density at radius 2 is 2.35 bits per heavy atom. The predicted molar refractivity (Wildman–Crippen MR) is 62.8 cm³/mol. The zero-order valence-electron chi connectivity index (χ0n) is 8.59. The van der Waals surface area contributed by atoms with E-state index in [1.54, 1.807) is 12.1 Å². The second-order valence-electron chi connectivity index (χ2n) is 3.21. The van der Waals surface area contributed by atoms with E-state index in [0.717, 1.165) is 0 Å². The van der Waals surface area contributed by atoms with E-state index in [-0.39, 0.29) is 6.03 Å². The zero-order valence-corrected chi connectivity index (χ0v) is 9.35. The Morgan fingerprint density at radius 3 is 3.00 bits per heavy atom.